The van der Waals surface area contributed by atoms with Crippen LogP contribution in [0.3, 0.4) is 0 Å². The number of rotatable bonds is 7. The minimum atomic E-state index is -3.76. The summed E-state index contributed by atoms with van der Waals surface area (Å²) < 4.78 is 42.2. The Morgan fingerprint density at radius 3 is 2.00 bits per heavy atom. The van der Waals surface area contributed by atoms with Crippen molar-refractivity contribution in [1.29, 1.82) is 0 Å². The molecule has 0 radical (unpaired) electrons. The monoisotopic (exact) mass is 365 g/mol. The molecule has 0 heterocycles. The molecule has 0 spiro atoms. The summed E-state index contributed by atoms with van der Waals surface area (Å²) in [5, 5.41) is 10.6. The average molecular weight is 365 g/mol. The van der Waals surface area contributed by atoms with Crippen molar-refractivity contribution in [2.75, 3.05) is 26.1 Å². The molecule has 0 aliphatic rings. The highest BCUT2D eigenvalue weighted by Gasteiger charge is 2.12. The minimum Gasteiger partial charge on any atom is -0.508 e. The lowest BCUT2D eigenvalue weighted by Crippen LogP contribution is -2.08. The van der Waals surface area contributed by atoms with E-state index in [1.54, 1.807) is 24.3 Å². The first-order valence-corrected chi connectivity index (χ1v) is 8.73. The lowest BCUT2D eigenvalue weighted by Gasteiger charge is -2.11. The molecule has 134 valence electrons. The highest BCUT2D eigenvalue weighted by atomic mass is 32.2. The van der Waals surface area contributed by atoms with Crippen LogP contribution in [0.15, 0.2) is 41.8 Å². The predicted molar refractivity (Wildman–Crippen MR) is 95.8 cm³/mol. The van der Waals surface area contributed by atoms with Crippen molar-refractivity contribution in [3.8, 4) is 23.0 Å². The van der Waals surface area contributed by atoms with Gasteiger partial charge in [0.25, 0.3) is 10.0 Å². The molecule has 7 nitrogen and oxygen atoms in total. The van der Waals surface area contributed by atoms with E-state index in [0.29, 0.717) is 17.0 Å². The van der Waals surface area contributed by atoms with Gasteiger partial charge in [-0.05, 0) is 30.3 Å². The Balaban J connectivity index is 2.27. The second kappa shape index (κ2) is 7.80. The van der Waals surface area contributed by atoms with Crippen LogP contribution in [0.5, 0.6) is 23.0 Å². The average Bonchev–Trinajstić information content (AvgIpc) is 2.60. The molecule has 8 heteroatoms. The van der Waals surface area contributed by atoms with Gasteiger partial charge in [0.05, 0.1) is 32.3 Å². The molecule has 2 aromatic rings. The SMILES string of the molecule is COc1ccc(NS(=O)(=O)/C=C/c2c(OC)cc(O)cc2OC)cc1. The summed E-state index contributed by atoms with van der Waals surface area (Å²) in [5.41, 5.74) is 0.790. The maximum absolute atomic E-state index is 12.2. The molecule has 0 aromatic heterocycles. The van der Waals surface area contributed by atoms with Gasteiger partial charge in [-0.15, -0.1) is 0 Å². The van der Waals surface area contributed by atoms with Crippen LogP contribution in [0.4, 0.5) is 5.69 Å². The third-order valence-electron chi connectivity index (χ3n) is 3.29. The highest BCUT2D eigenvalue weighted by Crippen LogP contribution is 2.34. The zero-order valence-corrected chi connectivity index (χ0v) is 14.8. The van der Waals surface area contributed by atoms with Crippen LogP contribution < -0.4 is 18.9 Å². The summed E-state index contributed by atoms with van der Waals surface area (Å²) in [4.78, 5) is 0. The fourth-order valence-corrected chi connectivity index (χ4v) is 2.95. The molecule has 25 heavy (non-hydrogen) atoms. The number of methoxy groups -OCH3 is 3. The lowest BCUT2D eigenvalue weighted by atomic mass is 10.1. The molecular formula is C17H19NO6S. The Kier molecular flexibility index (Phi) is 5.76. The van der Waals surface area contributed by atoms with Gasteiger partial charge in [-0.2, -0.15) is 0 Å². The number of anilines is 1. The molecule has 0 saturated carbocycles. The summed E-state index contributed by atoms with van der Waals surface area (Å²) in [6.45, 7) is 0. The van der Waals surface area contributed by atoms with Gasteiger partial charge in [0.1, 0.15) is 23.0 Å². The van der Waals surface area contributed by atoms with Crippen molar-refractivity contribution in [3.63, 3.8) is 0 Å². The fourth-order valence-electron chi connectivity index (χ4n) is 2.10. The number of benzene rings is 2. The predicted octanol–water partition coefficient (Wildman–Crippen LogP) is 2.83. The Morgan fingerprint density at radius 1 is 0.960 bits per heavy atom. The third kappa shape index (κ3) is 4.80. The lowest BCUT2D eigenvalue weighted by molar-refractivity contribution is 0.383. The molecule has 0 atom stereocenters. The first-order chi connectivity index (χ1) is 11.9. The van der Waals surface area contributed by atoms with Gasteiger partial charge >= 0.3 is 0 Å². The van der Waals surface area contributed by atoms with E-state index < -0.39 is 10.0 Å². The van der Waals surface area contributed by atoms with Gasteiger partial charge in [0.2, 0.25) is 0 Å². The Labute approximate surface area is 146 Å². The van der Waals surface area contributed by atoms with Crippen molar-refractivity contribution in [3.05, 3.63) is 47.4 Å². The van der Waals surface area contributed by atoms with E-state index in [2.05, 4.69) is 4.72 Å². The van der Waals surface area contributed by atoms with Gasteiger partial charge < -0.3 is 19.3 Å². The number of nitrogens with one attached hydrogen (secondary N) is 1. The van der Waals surface area contributed by atoms with Crippen molar-refractivity contribution in [2.45, 2.75) is 0 Å². The summed E-state index contributed by atoms with van der Waals surface area (Å²) in [6, 6.07) is 9.20. The smallest absolute Gasteiger partial charge is 0.255 e. The Bertz CT molecular complexity index is 834. The van der Waals surface area contributed by atoms with Crippen LogP contribution in [0.2, 0.25) is 0 Å². The first-order valence-electron chi connectivity index (χ1n) is 7.18. The van der Waals surface area contributed by atoms with Crippen molar-refractivity contribution in [1.82, 2.24) is 0 Å². The number of aromatic hydroxyl groups is 1. The molecule has 0 aliphatic carbocycles. The number of sulfonamides is 1. The molecule has 0 aliphatic heterocycles. The van der Waals surface area contributed by atoms with Gasteiger partial charge in [0.15, 0.2) is 0 Å². The molecule has 2 rings (SSSR count). The van der Waals surface area contributed by atoms with E-state index in [4.69, 9.17) is 14.2 Å². The number of hydrogen-bond acceptors (Lipinski definition) is 6. The van der Waals surface area contributed by atoms with Crippen LogP contribution in [0, 0.1) is 0 Å². The zero-order valence-electron chi connectivity index (χ0n) is 14.0. The Morgan fingerprint density at radius 2 is 1.52 bits per heavy atom. The second-order valence-electron chi connectivity index (χ2n) is 4.94. The summed E-state index contributed by atoms with van der Waals surface area (Å²) in [6.07, 6.45) is 1.34. The number of hydrogen-bond donors (Lipinski definition) is 2. The molecule has 0 saturated heterocycles. The van der Waals surface area contributed by atoms with Gasteiger partial charge in [-0.3, -0.25) is 4.72 Å². The van der Waals surface area contributed by atoms with Crippen molar-refractivity contribution < 1.29 is 27.7 Å². The maximum atomic E-state index is 12.2. The number of phenols is 1. The third-order valence-corrected chi connectivity index (χ3v) is 4.31. The van der Waals surface area contributed by atoms with E-state index in [9.17, 15) is 13.5 Å². The van der Waals surface area contributed by atoms with Crippen LogP contribution in [-0.2, 0) is 10.0 Å². The quantitative estimate of drug-likeness (QED) is 0.784. The van der Waals surface area contributed by atoms with Crippen LogP contribution in [0.25, 0.3) is 6.08 Å². The highest BCUT2D eigenvalue weighted by molar-refractivity contribution is 7.95. The Hall–Kier alpha value is -2.87. The standard InChI is InChI=1S/C17H19NO6S/c1-22-14-6-4-12(5-7-14)18-25(20,21)9-8-15-16(23-2)10-13(19)11-17(15)24-3/h4-11,18-19H,1-3H3/b9-8+. The van der Waals surface area contributed by atoms with E-state index >= 15 is 0 Å². The summed E-state index contributed by atoms with van der Waals surface area (Å²) in [7, 11) is 0.595. The van der Waals surface area contributed by atoms with Crippen LogP contribution >= 0.6 is 0 Å². The zero-order chi connectivity index (χ0) is 18.4. The van der Waals surface area contributed by atoms with Gasteiger partial charge in [-0.25, -0.2) is 8.42 Å². The van der Waals surface area contributed by atoms with E-state index in [0.717, 1.165) is 5.41 Å². The van der Waals surface area contributed by atoms with Gasteiger partial charge in [0, 0.05) is 17.8 Å². The molecule has 0 amide bonds. The second-order valence-corrected chi connectivity index (χ2v) is 6.51. The van der Waals surface area contributed by atoms with E-state index in [1.165, 1.54) is 39.5 Å². The van der Waals surface area contributed by atoms with E-state index in [1.807, 2.05) is 0 Å². The normalized spacial score (nSPS) is 11.3. The molecular weight excluding hydrogens is 346 g/mol. The minimum absolute atomic E-state index is 0.0509. The van der Waals surface area contributed by atoms with Crippen LogP contribution in [-0.4, -0.2) is 34.9 Å². The first kappa shape index (κ1) is 18.5. The van der Waals surface area contributed by atoms with Crippen molar-refractivity contribution >= 4 is 21.8 Å². The molecule has 2 aromatic carbocycles. The molecule has 0 fully saturated rings. The van der Waals surface area contributed by atoms with Crippen LogP contribution in [0.1, 0.15) is 5.56 Å². The maximum Gasteiger partial charge on any atom is 0.255 e. The molecule has 2 N–H and O–H groups in total. The van der Waals surface area contributed by atoms with Crippen molar-refractivity contribution in [2.24, 2.45) is 0 Å². The van der Waals surface area contributed by atoms with Gasteiger partial charge in [-0.1, -0.05) is 0 Å². The number of ether oxygens (including phenoxy) is 3. The molecule has 0 bridgehead atoms. The largest absolute Gasteiger partial charge is 0.508 e. The fraction of sp³-hybridized carbons (Fsp3) is 0.176. The summed E-state index contributed by atoms with van der Waals surface area (Å²) >= 11 is 0. The van der Waals surface area contributed by atoms with E-state index in [-0.39, 0.29) is 17.2 Å². The summed E-state index contributed by atoms with van der Waals surface area (Å²) in [5.74, 6) is 1.14. The topological polar surface area (TPSA) is 94.1 Å². The number of phenolic OH excluding ortho intramolecular Hbond substituents is 1. The molecule has 0 unspecified atom stereocenters.